The second kappa shape index (κ2) is 4.61. The van der Waals surface area contributed by atoms with Crippen molar-refractivity contribution >= 4 is 12.3 Å². The number of nitrogens with zero attached hydrogens (tertiary/aromatic N) is 1. The maximum atomic E-state index is 4.04. The van der Waals surface area contributed by atoms with Gasteiger partial charge in [0, 0.05) is 6.54 Å². The normalized spacial score (nSPS) is 9.62. The molecule has 1 aromatic carbocycles. The third-order valence-corrected chi connectivity index (χ3v) is 2.10. The molecule has 0 aliphatic heterocycles. The Bertz CT molecular complexity index is 313. The summed E-state index contributed by atoms with van der Waals surface area (Å²) < 4.78 is 0. The van der Waals surface area contributed by atoms with E-state index in [1.54, 1.807) is 0 Å². The lowest BCUT2D eigenvalue weighted by Crippen LogP contribution is -1.89. The van der Waals surface area contributed by atoms with Crippen LogP contribution in [0.5, 0.6) is 0 Å². The molecule has 0 radical (unpaired) electrons. The van der Waals surface area contributed by atoms with E-state index in [4.69, 9.17) is 0 Å². The van der Waals surface area contributed by atoms with Crippen molar-refractivity contribution in [2.45, 2.75) is 13.3 Å². The molecule has 0 amide bonds. The minimum absolute atomic E-state index is 0.757. The summed E-state index contributed by atoms with van der Waals surface area (Å²) in [4.78, 5) is 3.82. The highest BCUT2D eigenvalue weighted by Gasteiger charge is 2.00. The molecule has 68 valence electrons. The number of aryl methyl sites for hydroxylation is 1. The molecule has 0 fully saturated rings. The van der Waals surface area contributed by atoms with Crippen LogP contribution in [0.1, 0.15) is 17.5 Å². The molecule has 0 N–H and O–H groups in total. The molecule has 13 heavy (non-hydrogen) atoms. The van der Waals surface area contributed by atoms with Gasteiger partial charge in [-0.15, -0.1) is 0 Å². The standard InChI is InChI=1S/C12H15N/c1-10-6-4-5-7-12(10)11(2)8-9-13-3/h4-7H,2-3,8-9H2,1H3. The van der Waals surface area contributed by atoms with Crippen LogP contribution in [0.3, 0.4) is 0 Å². The first-order valence-corrected chi connectivity index (χ1v) is 4.42. The maximum Gasteiger partial charge on any atom is 0.0422 e. The first-order valence-electron chi connectivity index (χ1n) is 4.42. The Morgan fingerprint density at radius 3 is 2.69 bits per heavy atom. The van der Waals surface area contributed by atoms with Gasteiger partial charge in [0.2, 0.25) is 0 Å². The van der Waals surface area contributed by atoms with E-state index < -0.39 is 0 Å². The summed E-state index contributed by atoms with van der Waals surface area (Å²) in [5.74, 6) is 0. The predicted octanol–water partition coefficient (Wildman–Crippen LogP) is 3.10. The third kappa shape index (κ3) is 2.55. The van der Waals surface area contributed by atoms with Crippen LogP contribution in [-0.4, -0.2) is 13.3 Å². The molecule has 1 nitrogen and oxygen atoms in total. The van der Waals surface area contributed by atoms with Gasteiger partial charge >= 0.3 is 0 Å². The third-order valence-electron chi connectivity index (χ3n) is 2.10. The summed E-state index contributed by atoms with van der Waals surface area (Å²) in [6.07, 6.45) is 0.897. The summed E-state index contributed by atoms with van der Waals surface area (Å²) in [7, 11) is 0. The molecule has 1 aromatic rings. The molecule has 0 atom stereocenters. The Hall–Kier alpha value is -1.37. The highest BCUT2D eigenvalue weighted by atomic mass is 14.7. The van der Waals surface area contributed by atoms with Gasteiger partial charge in [0.15, 0.2) is 0 Å². The molecule has 1 rings (SSSR count). The monoisotopic (exact) mass is 173 g/mol. The van der Waals surface area contributed by atoms with Crippen molar-refractivity contribution in [2.24, 2.45) is 4.99 Å². The summed E-state index contributed by atoms with van der Waals surface area (Å²) in [5.41, 5.74) is 3.66. The quantitative estimate of drug-likeness (QED) is 0.620. The maximum absolute atomic E-state index is 4.04. The van der Waals surface area contributed by atoms with E-state index in [0.29, 0.717) is 0 Å². The number of rotatable bonds is 4. The summed E-state index contributed by atoms with van der Waals surface area (Å²) in [6, 6.07) is 8.27. The predicted molar refractivity (Wildman–Crippen MR) is 59.2 cm³/mol. The van der Waals surface area contributed by atoms with Gasteiger partial charge < -0.3 is 4.99 Å². The molecular formula is C12H15N. The average Bonchev–Trinajstić information content (AvgIpc) is 2.15. The Balaban J connectivity index is 2.76. The SMILES string of the molecule is C=NCCC(=C)c1ccccc1C. The van der Waals surface area contributed by atoms with Crippen LogP contribution < -0.4 is 0 Å². The molecule has 0 aliphatic rings. The fourth-order valence-corrected chi connectivity index (χ4v) is 1.32. The van der Waals surface area contributed by atoms with Crippen LogP contribution in [0.2, 0.25) is 0 Å². The minimum atomic E-state index is 0.757. The summed E-state index contributed by atoms with van der Waals surface area (Å²) in [5, 5.41) is 0. The summed E-state index contributed by atoms with van der Waals surface area (Å²) in [6.45, 7) is 10.3. The highest BCUT2D eigenvalue weighted by Crippen LogP contribution is 2.19. The van der Waals surface area contributed by atoms with Gasteiger partial charge in [-0.3, -0.25) is 0 Å². The zero-order chi connectivity index (χ0) is 9.68. The zero-order valence-electron chi connectivity index (χ0n) is 8.09. The van der Waals surface area contributed by atoms with Gasteiger partial charge in [-0.1, -0.05) is 30.8 Å². The minimum Gasteiger partial charge on any atom is -0.301 e. The van der Waals surface area contributed by atoms with E-state index in [2.05, 4.69) is 37.3 Å². The van der Waals surface area contributed by atoms with Crippen LogP contribution in [0, 0.1) is 6.92 Å². The van der Waals surface area contributed by atoms with E-state index in [1.807, 2.05) is 12.1 Å². The summed E-state index contributed by atoms with van der Waals surface area (Å²) >= 11 is 0. The van der Waals surface area contributed by atoms with Gasteiger partial charge in [-0.25, -0.2) is 0 Å². The van der Waals surface area contributed by atoms with Crippen LogP contribution in [0.4, 0.5) is 0 Å². The molecule has 0 unspecified atom stereocenters. The van der Waals surface area contributed by atoms with Crippen LogP contribution in [-0.2, 0) is 0 Å². The van der Waals surface area contributed by atoms with Crippen molar-refractivity contribution in [1.29, 1.82) is 0 Å². The highest BCUT2D eigenvalue weighted by molar-refractivity contribution is 5.66. The molecule has 0 aliphatic carbocycles. The van der Waals surface area contributed by atoms with Crippen molar-refractivity contribution in [1.82, 2.24) is 0 Å². The Morgan fingerprint density at radius 1 is 1.38 bits per heavy atom. The largest absolute Gasteiger partial charge is 0.301 e. The van der Waals surface area contributed by atoms with Crippen molar-refractivity contribution < 1.29 is 0 Å². The Labute approximate surface area is 79.8 Å². The lowest BCUT2D eigenvalue weighted by molar-refractivity contribution is 1.03. The smallest absolute Gasteiger partial charge is 0.0422 e. The number of hydrogen-bond acceptors (Lipinski definition) is 1. The fraction of sp³-hybridized carbons (Fsp3) is 0.250. The molecule has 0 saturated carbocycles. The van der Waals surface area contributed by atoms with Gasteiger partial charge in [0.1, 0.15) is 0 Å². The van der Waals surface area contributed by atoms with Crippen molar-refractivity contribution in [3.05, 3.63) is 42.0 Å². The first-order chi connectivity index (χ1) is 6.25. The van der Waals surface area contributed by atoms with Crippen LogP contribution in [0.25, 0.3) is 5.57 Å². The topological polar surface area (TPSA) is 12.4 Å². The van der Waals surface area contributed by atoms with Crippen LogP contribution >= 0.6 is 0 Å². The number of benzene rings is 1. The molecule has 0 heterocycles. The second-order valence-corrected chi connectivity index (χ2v) is 3.12. The number of hydrogen-bond donors (Lipinski definition) is 0. The molecule has 0 spiro atoms. The Kier molecular flexibility index (Phi) is 3.44. The van der Waals surface area contributed by atoms with E-state index in [-0.39, 0.29) is 0 Å². The molecule has 0 bridgehead atoms. The van der Waals surface area contributed by atoms with E-state index >= 15 is 0 Å². The van der Waals surface area contributed by atoms with E-state index in [9.17, 15) is 0 Å². The van der Waals surface area contributed by atoms with Crippen molar-refractivity contribution in [3.63, 3.8) is 0 Å². The van der Waals surface area contributed by atoms with Gasteiger partial charge in [0.05, 0.1) is 0 Å². The van der Waals surface area contributed by atoms with Gasteiger partial charge in [-0.05, 0) is 36.8 Å². The molecule has 0 aromatic heterocycles. The van der Waals surface area contributed by atoms with E-state index in [1.165, 1.54) is 11.1 Å². The molecular weight excluding hydrogens is 158 g/mol. The average molecular weight is 173 g/mol. The second-order valence-electron chi connectivity index (χ2n) is 3.12. The van der Waals surface area contributed by atoms with Crippen molar-refractivity contribution in [3.8, 4) is 0 Å². The zero-order valence-corrected chi connectivity index (χ0v) is 8.09. The first kappa shape index (κ1) is 9.72. The number of aliphatic imine (C=N–C) groups is 1. The fourth-order valence-electron chi connectivity index (χ4n) is 1.32. The van der Waals surface area contributed by atoms with Gasteiger partial charge in [-0.2, -0.15) is 0 Å². The lowest BCUT2D eigenvalue weighted by atomic mass is 10.00. The molecule has 1 heteroatoms. The van der Waals surface area contributed by atoms with E-state index in [0.717, 1.165) is 18.5 Å². The van der Waals surface area contributed by atoms with Gasteiger partial charge in [0.25, 0.3) is 0 Å². The lowest BCUT2D eigenvalue weighted by Gasteiger charge is -2.06. The Morgan fingerprint density at radius 2 is 2.08 bits per heavy atom. The van der Waals surface area contributed by atoms with Crippen LogP contribution in [0.15, 0.2) is 35.8 Å². The molecule has 0 saturated heterocycles. The van der Waals surface area contributed by atoms with Crippen molar-refractivity contribution in [2.75, 3.05) is 6.54 Å².